The Morgan fingerprint density at radius 2 is 1.93 bits per heavy atom. The normalized spacial score (nSPS) is 33.8. The number of thioether (sulfide) groups is 1. The average Bonchev–Trinajstić information content (AvgIpc) is 3.20. The van der Waals surface area contributed by atoms with Gasteiger partial charge in [-0.15, -0.1) is 0 Å². The van der Waals surface area contributed by atoms with Gasteiger partial charge in [-0.2, -0.15) is 0 Å². The van der Waals surface area contributed by atoms with E-state index in [1.165, 1.54) is 0 Å². The maximum Gasteiger partial charge on any atom is 0.338 e. The van der Waals surface area contributed by atoms with E-state index < -0.39 is 11.9 Å². The fourth-order valence-corrected chi connectivity index (χ4v) is 4.67. The zero-order chi connectivity index (χ0) is 19.2. The number of carbonyl (C=O) groups excluding carboxylic acids is 1. The summed E-state index contributed by atoms with van der Waals surface area (Å²) < 4.78 is 23.9. The smallest absolute Gasteiger partial charge is 0.338 e. The van der Waals surface area contributed by atoms with Crippen LogP contribution in [-0.4, -0.2) is 72.3 Å². The number of benzene rings is 1. The number of fused-ring (bicyclic) bond motifs is 3. The first-order chi connectivity index (χ1) is 12.8. The Labute approximate surface area is 163 Å². The summed E-state index contributed by atoms with van der Waals surface area (Å²) in [7, 11) is 3.91. The van der Waals surface area contributed by atoms with E-state index in [-0.39, 0.29) is 36.3 Å². The SMILES string of the molecule is CN(C)C1=NC2C(OC(COC(=O)c3ccccc3)C3OC(C)(C)OC23)S1. The molecule has 0 N–H and O–H groups in total. The maximum atomic E-state index is 12.3. The number of amidine groups is 1. The Kier molecular flexibility index (Phi) is 4.92. The Hall–Kier alpha value is -1.61. The van der Waals surface area contributed by atoms with Crippen molar-refractivity contribution in [1.29, 1.82) is 0 Å². The largest absolute Gasteiger partial charge is 0.459 e. The van der Waals surface area contributed by atoms with Crippen molar-refractivity contribution in [3.8, 4) is 0 Å². The number of hydrogen-bond acceptors (Lipinski definition) is 8. The number of rotatable bonds is 3. The fourth-order valence-electron chi connectivity index (χ4n) is 3.52. The second kappa shape index (κ2) is 7.09. The molecule has 146 valence electrons. The van der Waals surface area contributed by atoms with E-state index in [0.717, 1.165) is 5.17 Å². The van der Waals surface area contributed by atoms with Gasteiger partial charge in [0, 0.05) is 14.1 Å². The summed E-state index contributed by atoms with van der Waals surface area (Å²) in [6, 6.07) is 8.79. The third-order valence-corrected chi connectivity index (χ3v) is 6.01. The van der Waals surface area contributed by atoms with Crippen LogP contribution >= 0.6 is 11.8 Å². The van der Waals surface area contributed by atoms with Crippen molar-refractivity contribution in [2.24, 2.45) is 4.99 Å². The molecule has 3 aliphatic heterocycles. The Balaban J connectivity index is 1.48. The van der Waals surface area contributed by atoms with Gasteiger partial charge in [-0.25, -0.2) is 4.79 Å². The number of hydrogen-bond donors (Lipinski definition) is 0. The van der Waals surface area contributed by atoms with Crippen molar-refractivity contribution in [1.82, 2.24) is 4.90 Å². The van der Waals surface area contributed by atoms with Crippen LogP contribution in [0.15, 0.2) is 35.3 Å². The molecule has 5 atom stereocenters. The van der Waals surface area contributed by atoms with Gasteiger partial charge in [-0.1, -0.05) is 30.0 Å². The summed E-state index contributed by atoms with van der Waals surface area (Å²) in [6.07, 6.45) is -0.977. The van der Waals surface area contributed by atoms with Crippen molar-refractivity contribution in [3.05, 3.63) is 35.9 Å². The van der Waals surface area contributed by atoms with E-state index >= 15 is 0 Å². The highest BCUT2D eigenvalue weighted by Gasteiger charge is 2.57. The van der Waals surface area contributed by atoms with Crippen LogP contribution in [0.2, 0.25) is 0 Å². The minimum Gasteiger partial charge on any atom is -0.459 e. The molecule has 0 amide bonds. The van der Waals surface area contributed by atoms with Gasteiger partial charge in [0.25, 0.3) is 0 Å². The summed E-state index contributed by atoms with van der Waals surface area (Å²) in [5.74, 6) is -1.10. The van der Waals surface area contributed by atoms with Crippen LogP contribution in [-0.2, 0) is 18.9 Å². The molecule has 8 heteroatoms. The van der Waals surface area contributed by atoms with Gasteiger partial charge in [-0.05, 0) is 26.0 Å². The minimum absolute atomic E-state index is 0.107. The highest BCUT2D eigenvalue weighted by Crippen LogP contribution is 2.44. The van der Waals surface area contributed by atoms with Gasteiger partial charge in [0.1, 0.15) is 36.4 Å². The lowest BCUT2D eigenvalue weighted by Crippen LogP contribution is -2.54. The van der Waals surface area contributed by atoms with Gasteiger partial charge >= 0.3 is 5.97 Å². The third-order valence-electron chi connectivity index (χ3n) is 4.71. The Bertz CT molecular complexity index is 739. The van der Waals surface area contributed by atoms with Crippen LogP contribution in [0, 0.1) is 0 Å². The van der Waals surface area contributed by atoms with Crippen LogP contribution in [0.5, 0.6) is 0 Å². The Morgan fingerprint density at radius 1 is 1.22 bits per heavy atom. The molecule has 0 saturated carbocycles. The molecule has 2 saturated heterocycles. The molecular weight excluding hydrogens is 368 g/mol. The van der Waals surface area contributed by atoms with Crippen LogP contribution in [0.4, 0.5) is 0 Å². The Morgan fingerprint density at radius 3 is 2.63 bits per heavy atom. The molecule has 2 fully saturated rings. The predicted molar refractivity (Wildman–Crippen MR) is 102 cm³/mol. The quantitative estimate of drug-likeness (QED) is 0.730. The van der Waals surface area contributed by atoms with E-state index in [2.05, 4.69) is 0 Å². The first-order valence-electron chi connectivity index (χ1n) is 8.99. The van der Waals surface area contributed by atoms with E-state index in [4.69, 9.17) is 23.9 Å². The molecule has 0 bridgehead atoms. The van der Waals surface area contributed by atoms with Crippen molar-refractivity contribution >= 4 is 22.9 Å². The second-order valence-electron chi connectivity index (χ2n) is 7.49. The molecular formula is C19H24N2O5S. The highest BCUT2D eigenvalue weighted by atomic mass is 32.2. The second-order valence-corrected chi connectivity index (χ2v) is 8.55. The highest BCUT2D eigenvalue weighted by molar-refractivity contribution is 8.14. The first kappa shape index (κ1) is 18.7. The lowest BCUT2D eigenvalue weighted by Gasteiger charge is -2.37. The molecule has 27 heavy (non-hydrogen) atoms. The van der Waals surface area contributed by atoms with Gasteiger partial charge in [0.05, 0.1) is 5.56 Å². The molecule has 1 aromatic rings. The molecule has 3 aliphatic rings. The standard InChI is InChI=1S/C19H24N2O5S/c1-19(2)25-14-12(10-23-16(22)11-8-6-5-7-9-11)24-17-13(15(14)26-19)20-18(27-17)21(3)4/h5-9,12-15,17H,10H2,1-4H3. The molecule has 4 rings (SSSR count). The summed E-state index contributed by atoms with van der Waals surface area (Å²) in [5, 5.41) is 0.902. The molecule has 5 unspecified atom stereocenters. The lowest BCUT2D eigenvalue weighted by molar-refractivity contribution is -0.159. The van der Waals surface area contributed by atoms with Crippen LogP contribution in [0.3, 0.4) is 0 Å². The van der Waals surface area contributed by atoms with E-state index in [1.54, 1.807) is 36.0 Å². The van der Waals surface area contributed by atoms with Crippen molar-refractivity contribution in [2.45, 2.75) is 49.4 Å². The predicted octanol–water partition coefficient (Wildman–Crippen LogP) is 2.12. The molecule has 7 nitrogen and oxygen atoms in total. The minimum atomic E-state index is -0.726. The number of aliphatic imine (C=N–C) groups is 1. The van der Waals surface area contributed by atoms with Gasteiger partial charge in [-0.3, -0.25) is 4.99 Å². The van der Waals surface area contributed by atoms with E-state index in [9.17, 15) is 4.79 Å². The molecule has 0 aromatic heterocycles. The molecule has 0 spiro atoms. The van der Waals surface area contributed by atoms with Crippen molar-refractivity contribution in [3.63, 3.8) is 0 Å². The van der Waals surface area contributed by atoms with Gasteiger partial charge < -0.3 is 23.8 Å². The number of ether oxygens (including phenoxy) is 4. The zero-order valence-corrected chi connectivity index (χ0v) is 16.6. The van der Waals surface area contributed by atoms with E-state index in [0.29, 0.717) is 5.56 Å². The average molecular weight is 392 g/mol. The topological polar surface area (TPSA) is 69.6 Å². The first-order valence-corrected chi connectivity index (χ1v) is 9.87. The van der Waals surface area contributed by atoms with Crippen molar-refractivity contribution < 1.29 is 23.7 Å². The fraction of sp³-hybridized carbons (Fsp3) is 0.579. The zero-order valence-electron chi connectivity index (χ0n) is 15.8. The summed E-state index contributed by atoms with van der Waals surface area (Å²) in [5.41, 5.74) is 0.335. The summed E-state index contributed by atoms with van der Waals surface area (Å²) in [6.45, 7) is 3.87. The van der Waals surface area contributed by atoms with Crippen molar-refractivity contribution in [2.75, 3.05) is 20.7 Å². The number of esters is 1. The third kappa shape index (κ3) is 3.71. The summed E-state index contributed by atoms with van der Waals surface area (Å²) in [4.78, 5) is 19.0. The number of carbonyl (C=O) groups is 1. The molecule has 3 heterocycles. The van der Waals surface area contributed by atoms with Crippen LogP contribution < -0.4 is 0 Å². The number of nitrogens with zero attached hydrogens (tertiary/aromatic N) is 2. The molecule has 1 aromatic carbocycles. The van der Waals surface area contributed by atoms with Crippen LogP contribution in [0.25, 0.3) is 0 Å². The van der Waals surface area contributed by atoms with Crippen LogP contribution in [0.1, 0.15) is 24.2 Å². The molecule has 0 radical (unpaired) electrons. The van der Waals surface area contributed by atoms with Gasteiger partial charge in [0.15, 0.2) is 11.0 Å². The molecule has 0 aliphatic carbocycles. The van der Waals surface area contributed by atoms with E-state index in [1.807, 2.05) is 38.9 Å². The summed E-state index contributed by atoms with van der Waals surface area (Å²) >= 11 is 1.56. The lowest BCUT2D eigenvalue weighted by atomic mass is 9.99. The maximum absolute atomic E-state index is 12.3. The van der Waals surface area contributed by atoms with Gasteiger partial charge in [0.2, 0.25) is 0 Å². The monoisotopic (exact) mass is 392 g/mol.